The highest BCUT2D eigenvalue weighted by molar-refractivity contribution is 5.51. The Kier molecular flexibility index (Phi) is 5.95. The molecule has 0 saturated carbocycles. The Balaban J connectivity index is 1.43. The first-order valence-corrected chi connectivity index (χ1v) is 10.4. The molecular weight excluding hydrogens is 352 g/mol. The van der Waals surface area contributed by atoms with E-state index in [4.69, 9.17) is 4.74 Å². The van der Waals surface area contributed by atoms with E-state index < -0.39 is 0 Å². The smallest absolute Gasteiger partial charge is 0.134 e. The summed E-state index contributed by atoms with van der Waals surface area (Å²) in [6.07, 6.45) is 7.24. The molecule has 2 fully saturated rings. The molecule has 1 N–H and O–H groups in total. The fraction of sp³-hybridized carbons (Fsp3) is 0.545. The summed E-state index contributed by atoms with van der Waals surface area (Å²) >= 11 is 0. The van der Waals surface area contributed by atoms with E-state index in [2.05, 4.69) is 44.0 Å². The van der Waals surface area contributed by atoms with Crippen molar-refractivity contribution in [2.45, 2.75) is 44.1 Å². The van der Waals surface area contributed by atoms with Gasteiger partial charge in [-0.1, -0.05) is 12.1 Å². The SMILES string of the molecule is COc1cccc(C2CCN(c3cc(N4CCCCC4CO)ncn3)CC2)c1. The molecule has 0 amide bonds. The van der Waals surface area contributed by atoms with Crippen LogP contribution in [0.25, 0.3) is 0 Å². The summed E-state index contributed by atoms with van der Waals surface area (Å²) in [7, 11) is 1.72. The van der Waals surface area contributed by atoms with Crippen molar-refractivity contribution in [3.8, 4) is 5.75 Å². The molecule has 2 aliphatic rings. The van der Waals surface area contributed by atoms with Crippen molar-refractivity contribution in [3.63, 3.8) is 0 Å². The quantitative estimate of drug-likeness (QED) is 0.857. The van der Waals surface area contributed by atoms with Crippen molar-refractivity contribution in [3.05, 3.63) is 42.2 Å². The summed E-state index contributed by atoms with van der Waals surface area (Å²) in [5.41, 5.74) is 1.36. The summed E-state index contributed by atoms with van der Waals surface area (Å²) in [6.45, 7) is 3.12. The molecule has 1 aromatic carbocycles. The van der Waals surface area contributed by atoms with E-state index in [0.717, 1.165) is 62.7 Å². The van der Waals surface area contributed by atoms with Gasteiger partial charge >= 0.3 is 0 Å². The Hall–Kier alpha value is -2.34. The standard InChI is InChI=1S/C22H30N4O2/c1-28-20-7-4-5-18(13-20)17-8-11-25(12-9-17)21-14-22(24-16-23-21)26-10-3-2-6-19(26)15-27/h4-5,7,13-14,16-17,19,27H,2-3,6,8-12,15H2,1H3. The van der Waals surface area contributed by atoms with E-state index in [9.17, 15) is 5.11 Å². The molecule has 1 atom stereocenters. The largest absolute Gasteiger partial charge is 0.497 e. The zero-order valence-electron chi connectivity index (χ0n) is 16.6. The summed E-state index contributed by atoms with van der Waals surface area (Å²) < 4.78 is 5.37. The van der Waals surface area contributed by atoms with Crippen LogP contribution in [-0.4, -0.2) is 54.5 Å². The Bertz CT molecular complexity index is 777. The molecule has 1 aromatic heterocycles. The van der Waals surface area contributed by atoms with Crippen molar-refractivity contribution >= 4 is 11.6 Å². The molecule has 1 unspecified atom stereocenters. The molecule has 0 aliphatic carbocycles. The van der Waals surface area contributed by atoms with E-state index in [1.54, 1.807) is 13.4 Å². The number of aliphatic hydroxyl groups is 1. The second-order valence-corrected chi connectivity index (χ2v) is 7.80. The van der Waals surface area contributed by atoms with E-state index in [0.29, 0.717) is 5.92 Å². The Labute approximate surface area is 167 Å². The van der Waals surface area contributed by atoms with Gasteiger partial charge in [0.05, 0.1) is 19.8 Å². The summed E-state index contributed by atoms with van der Waals surface area (Å²) in [4.78, 5) is 13.6. The number of benzene rings is 1. The minimum Gasteiger partial charge on any atom is -0.497 e. The second-order valence-electron chi connectivity index (χ2n) is 7.80. The molecule has 3 heterocycles. The fourth-order valence-corrected chi connectivity index (χ4v) is 4.50. The lowest BCUT2D eigenvalue weighted by atomic mass is 9.89. The summed E-state index contributed by atoms with van der Waals surface area (Å²) in [5.74, 6) is 3.43. The average molecular weight is 383 g/mol. The van der Waals surface area contributed by atoms with Gasteiger partial charge in [-0.2, -0.15) is 0 Å². The minimum absolute atomic E-state index is 0.176. The van der Waals surface area contributed by atoms with Gasteiger partial charge in [-0.05, 0) is 55.7 Å². The summed E-state index contributed by atoms with van der Waals surface area (Å²) in [5, 5.41) is 9.71. The molecule has 28 heavy (non-hydrogen) atoms. The van der Waals surface area contributed by atoms with Gasteiger partial charge in [-0.15, -0.1) is 0 Å². The third-order valence-corrected chi connectivity index (χ3v) is 6.15. The van der Waals surface area contributed by atoms with Crippen molar-refractivity contribution in [1.29, 1.82) is 0 Å². The second kappa shape index (κ2) is 8.78. The highest BCUT2D eigenvalue weighted by atomic mass is 16.5. The minimum atomic E-state index is 0.176. The topological polar surface area (TPSA) is 61.7 Å². The lowest BCUT2D eigenvalue weighted by Crippen LogP contribution is -2.42. The van der Waals surface area contributed by atoms with E-state index >= 15 is 0 Å². The highest BCUT2D eigenvalue weighted by Gasteiger charge is 2.25. The highest BCUT2D eigenvalue weighted by Crippen LogP contribution is 2.32. The third kappa shape index (κ3) is 4.07. The lowest BCUT2D eigenvalue weighted by Gasteiger charge is -2.37. The maximum atomic E-state index is 9.71. The van der Waals surface area contributed by atoms with E-state index in [1.165, 1.54) is 12.0 Å². The van der Waals surface area contributed by atoms with Crippen LogP contribution in [0.15, 0.2) is 36.7 Å². The van der Waals surface area contributed by atoms with Crippen LogP contribution in [0.4, 0.5) is 11.6 Å². The number of rotatable bonds is 5. The Morgan fingerprint density at radius 1 is 1.04 bits per heavy atom. The van der Waals surface area contributed by atoms with Gasteiger partial charge in [0.15, 0.2) is 0 Å². The molecule has 4 rings (SSSR count). The normalized spacial score (nSPS) is 21.0. The zero-order valence-corrected chi connectivity index (χ0v) is 16.6. The molecule has 0 bridgehead atoms. The molecule has 2 aromatic rings. The number of nitrogens with zero attached hydrogens (tertiary/aromatic N) is 4. The maximum Gasteiger partial charge on any atom is 0.134 e. The molecule has 6 nitrogen and oxygen atoms in total. The number of piperidine rings is 2. The van der Waals surface area contributed by atoms with Crippen molar-refractivity contribution in [2.24, 2.45) is 0 Å². The van der Waals surface area contributed by atoms with Crippen molar-refractivity contribution in [1.82, 2.24) is 9.97 Å². The van der Waals surface area contributed by atoms with Gasteiger partial charge in [0, 0.05) is 25.7 Å². The van der Waals surface area contributed by atoms with Crippen LogP contribution in [0.2, 0.25) is 0 Å². The predicted molar refractivity (Wildman–Crippen MR) is 111 cm³/mol. The summed E-state index contributed by atoms with van der Waals surface area (Å²) in [6, 6.07) is 10.7. The Morgan fingerprint density at radius 3 is 2.64 bits per heavy atom. The van der Waals surface area contributed by atoms with Gasteiger partial charge in [0.25, 0.3) is 0 Å². The molecule has 2 saturated heterocycles. The van der Waals surface area contributed by atoms with Crippen LogP contribution < -0.4 is 14.5 Å². The molecule has 0 spiro atoms. The van der Waals surface area contributed by atoms with Crippen LogP contribution in [0, 0.1) is 0 Å². The van der Waals surface area contributed by atoms with Crippen LogP contribution in [-0.2, 0) is 0 Å². The first-order chi connectivity index (χ1) is 13.8. The molecule has 150 valence electrons. The van der Waals surface area contributed by atoms with E-state index in [-0.39, 0.29) is 12.6 Å². The Morgan fingerprint density at radius 2 is 1.86 bits per heavy atom. The average Bonchev–Trinajstić information content (AvgIpc) is 2.79. The van der Waals surface area contributed by atoms with Crippen LogP contribution in [0.1, 0.15) is 43.6 Å². The number of aromatic nitrogens is 2. The lowest BCUT2D eigenvalue weighted by molar-refractivity contribution is 0.239. The number of methoxy groups -OCH3 is 1. The number of hydrogen-bond acceptors (Lipinski definition) is 6. The maximum absolute atomic E-state index is 9.71. The third-order valence-electron chi connectivity index (χ3n) is 6.15. The van der Waals surface area contributed by atoms with Crippen LogP contribution >= 0.6 is 0 Å². The first-order valence-electron chi connectivity index (χ1n) is 10.4. The molecule has 2 aliphatic heterocycles. The predicted octanol–water partition coefficient (Wildman–Crippen LogP) is 3.22. The number of hydrogen-bond donors (Lipinski definition) is 1. The van der Waals surface area contributed by atoms with Crippen LogP contribution in [0.3, 0.4) is 0 Å². The molecule has 0 radical (unpaired) electrons. The van der Waals surface area contributed by atoms with Gasteiger partial charge in [-0.25, -0.2) is 9.97 Å². The van der Waals surface area contributed by atoms with Crippen molar-refractivity contribution in [2.75, 3.05) is 43.2 Å². The van der Waals surface area contributed by atoms with Crippen molar-refractivity contribution < 1.29 is 9.84 Å². The fourth-order valence-electron chi connectivity index (χ4n) is 4.50. The monoisotopic (exact) mass is 382 g/mol. The van der Waals surface area contributed by atoms with Gasteiger partial charge in [0.2, 0.25) is 0 Å². The van der Waals surface area contributed by atoms with E-state index in [1.807, 2.05) is 6.07 Å². The van der Waals surface area contributed by atoms with Gasteiger partial charge in [-0.3, -0.25) is 0 Å². The van der Waals surface area contributed by atoms with Gasteiger partial charge < -0.3 is 19.6 Å². The number of ether oxygens (including phenoxy) is 1. The van der Waals surface area contributed by atoms with Gasteiger partial charge in [0.1, 0.15) is 23.7 Å². The van der Waals surface area contributed by atoms with Crippen LogP contribution in [0.5, 0.6) is 5.75 Å². The zero-order chi connectivity index (χ0) is 19.3. The molecular formula is C22H30N4O2. The number of anilines is 2. The first kappa shape index (κ1) is 19.0. The molecule has 6 heteroatoms. The number of aliphatic hydroxyl groups excluding tert-OH is 1.